The van der Waals surface area contributed by atoms with E-state index >= 15 is 0 Å². The molecule has 1 heterocycles. The SMILES string of the molecule is CCCC1(Cn2c(CCl)nc3c(F)cc(F)cc32)CC1. The molecule has 0 bridgehead atoms. The Kier molecular flexibility index (Phi) is 3.44. The number of imidazole rings is 1. The van der Waals surface area contributed by atoms with E-state index < -0.39 is 11.6 Å². The number of hydrogen-bond acceptors (Lipinski definition) is 1. The van der Waals surface area contributed by atoms with Crippen LogP contribution in [0.3, 0.4) is 0 Å². The summed E-state index contributed by atoms with van der Waals surface area (Å²) in [5.74, 6) is -0.366. The van der Waals surface area contributed by atoms with E-state index in [0.717, 1.165) is 25.5 Å². The molecule has 1 saturated carbocycles. The molecular weight excluding hydrogens is 282 g/mol. The minimum atomic E-state index is -0.620. The maximum absolute atomic E-state index is 13.8. The molecule has 0 spiro atoms. The predicted molar refractivity (Wildman–Crippen MR) is 75.8 cm³/mol. The number of nitrogens with zero attached hydrogens (tertiary/aromatic N) is 2. The highest BCUT2D eigenvalue weighted by atomic mass is 35.5. The number of alkyl halides is 1. The van der Waals surface area contributed by atoms with Gasteiger partial charge in [0.1, 0.15) is 17.2 Å². The highest BCUT2D eigenvalue weighted by Crippen LogP contribution is 2.51. The quantitative estimate of drug-likeness (QED) is 0.736. The Hall–Kier alpha value is -1.16. The Labute approximate surface area is 121 Å². The van der Waals surface area contributed by atoms with E-state index in [1.807, 2.05) is 4.57 Å². The van der Waals surface area contributed by atoms with Crippen LogP contribution in [0.15, 0.2) is 12.1 Å². The van der Waals surface area contributed by atoms with Gasteiger partial charge in [0.05, 0.1) is 11.4 Å². The van der Waals surface area contributed by atoms with Gasteiger partial charge in [-0.3, -0.25) is 0 Å². The molecule has 0 N–H and O–H groups in total. The first-order chi connectivity index (χ1) is 9.58. The van der Waals surface area contributed by atoms with Crippen molar-refractivity contribution in [2.75, 3.05) is 0 Å². The third kappa shape index (κ3) is 2.30. The van der Waals surface area contributed by atoms with E-state index in [1.54, 1.807) is 0 Å². The molecule has 0 radical (unpaired) electrons. The van der Waals surface area contributed by atoms with Crippen LogP contribution >= 0.6 is 11.6 Å². The monoisotopic (exact) mass is 298 g/mol. The summed E-state index contributed by atoms with van der Waals surface area (Å²) >= 11 is 5.92. The van der Waals surface area contributed by atoms with E-state index in [0.29, 0.717) is 11.3 Å². The summed E-state index contributed by atoms with van der Waals surface area (Å²) in [4.78, 5) is 4.23. The number of rotatable bonds is 5. The van der Waals surface area contributed by atoms with Crippen LogP contribution in [0.4, 0.5) is 8.78 Å². The summed E-state index contributed by atoms with van der Waals surface area (Å²) in [5, 5.41) is 0. The first kappa shape index (κ1) is 13.8. The number of hydrogen-bond donors (Lipinski definition) is 0. The Bertz CT molecular complexity index is 647. The Balaban J connectivity index is 2.08. The van der Waals surface area contributed by atoms with Crippen LogP contribution in [-0.2, 0) is 12.4 Å². The van der Waals surface area contributed by atoms with Crippen LogP contribution in [0, 0.1) is 17.0 Å². The molecule has 2 aromatic rings. The number of aromatic nitrogens is 2. The highest BCUT2D eigenvalue weighted by molar-refractivity contribution is 6.16. The number of fused-ring (bicyclic) bond motifs is 1. The second-order valence-electron chi connectivity index (χ2n) is 5.75. The standard InChI is InChI=1S/C15H17ClF2N2/c1-2-3-15(4-5-15)9-20-12-7-10(17)6-11(18)14(12)19-13(20)8-16/h6-7H,2-5,8-9H2,1H3. The second-order valence-corrected chi connectivity index (χ2v) is 6.02. The topological polar surface area (TPSA) is 17.8 Å². The average molecular weight is 299 g/mol. The predicted octanol–water partition coefficient (Wildman–Crippen LogP) is 4.63. The average Bonchev–Trinajstić information content (AvgIpc) is 3.06. The molecule has 108 valence electrons. The van der Waals surface area contributed by atoms with Gasteiger partial charge in [-0.15, -0.1) is 11.6 Å². The lowest BCUT2D eigenvalue weighted by Crippen LogP contribution is -2.13. The van der Waals surface area contributed by atoms with Crippen molar-refractivity contribution in [2.24, 2.45) is 5.41 Å². The van der Waals surface area contributed by atoms with Crippen molar-refractivity contribution in [1.82, 2.24) is 9.55 Å². The molecule has 20 heavy (non-hydrogen) atoms. The molecule has 0 saturated heterocycles. The molecule has 1 aromatic heterocycles. The van der Waals surface area contributed by atoms with E-state index in [1.165, 1.54) is 18.9 Å². The third-order valence-electron chi connectivity index (χ3n) is 4.20. The van der Waals surface area contributed by atoms with Crippen molar-refractivity contribution < 1.29 is 8.78 Å². The lowest BCUT2D eigenvalue weighted by atomic mass is 10.0. The molecule has 0 amide bonds. The summed E-state index contributed by atoms with van der Waals surface area (Å²) < 4.78 is 29.2. The van der Waals surface area contributed by atoms with E-state index in [9.17, 15) is 8.78 Å². The Morgan fingerprint density at radius 2 is 2.10 bits per heavy atom. The summed E-state index contributed by atoms with van der Waals surface area (Å²) in [5.41, 5.74) is 1.00. The fourth-order valence-electron chi connectivity index (χ4n) is 3.01. The van der Waals surface area contributed by atoms with Crippen LogP contribution in [0.1, 0.15) is 38.4 Å². The first-order valence-corrected chi connectivity index (χ1v) is 7.52. The van der Waals surface area contributed by atoms with Crippen molar-refractivity contribution in [2.45, 2.75) is 45.0 Å². The minimum Gasteiger partial charge on any atom is -0.326 e. The van der Waals surface area contributed by atoms with E-state index in [-0.39, 0.29) is 16.8 Å². The smallest absolute Gasteiger partial charge is 0.153 e. The van der Waals surface area contributed by atoms with Crippen molar-refractivity contribution in [1.29, 1.82) is 0 Å². The fraction of sp³-hybridized carbons (Fsp3) is 0.533. The normalized spacial score (nSPS) is 16.8. The summed E-state index contributed by atoms with van der Waals surface area (Å²) in [6.45, 7) is 2.91. The molecular formula is C15H17ClF2N2. The maximum Gasteiger partial charge on any atom is 0.153 e. The molecule has 2 nitrogen and oxygen atoms in total. The van der Waals surface area contributed by atoms with Gasteiger partial charge in [0.25, 0.3) is 0 Å². The molecule has 1 aliphatic rings. The van der Waals surface area contributed by atoms with Gasteiger partial charge in [-0.2, -0.15) is 0 Å². The Morgan fingerprint density at radius 1 is 1.35 bits per heavy atom. The fourth-order valence-corrected chi connectivity index (χ4v) is 3.21. The zero-order chi connectivity index (χ0) is 14.3. The maximum atomic E-state index is 13.8. The third-order valence-corrected chi connectivity index (χ3v) is 4.44. The van der Waals surface area contributed by atoms with Crippen molar-refractivity contribution in [3.05, 3.63) is 29.6 Å². The molecule has 5 heteroatoms. The van der Waals surface area contributed by atoms with Crippen molar-refractivity contribution >= 4 is 22.6 Å². The first-order valence-electron chi connectivity index (χ1n) is 6.99. The van der Waals surface area contributed by atoms with Gasteiger partial charge < -0.3 is 4.57 Å². The highest BCUT2D eigenvalue weighted by Gasteiger charge is 2.42. The largest absolute Gasteiger partial charge is 0.326 e. The zero-order valence-electron chi connectivity index (χ0n) is 11.4. The minimum absolute atomic E-state index is 0.206. The van der Waals surface area contributed by atoms with Crippen molar-refractivity contribution in [3.8, 4) is 0 Å². The molecule has 1 aromatic carbocycles. The van der Waals surface area contributed by atoms with Gasteiger partial charge in [-0.25, -0.2) is 13.8 Å². The van der Waals surface area contributed by atoms with Gasteiger partial charge in [0, 0.05) is 12.6 Å². The van der Waals surface area contributed by atoms with Crippen LogP contribution in [0.2, 0.25) is 0 Å². The van der Waals surface area contributed by atoms with Crippen LogP contribution in [-0.4, -0.2) is 9.55 Å². The zero-order valence-corrected chi connectivity index (χ0v) is 12.2. The summed E-state index contributed by atoms with van der Waals surface area (Å²) in [7, 11) is 0. The number of benzene rings is 1. The molecule has 0 unspecified atom stereocenters. The van der Waals surface area contributed by atoms with Gasteiger partial charge >= 0.3 is 0 Å². The van der Waals surface area contributed by atoms with Crippen LogP contribution < -0.4 is 0 Å². The summed E-state index contributed by atoms with van der Waals surface area (Å²) in [6, 6.07) is 2.22. The molecule has 1 aliphatic carbocycles. The second kappa shape index (κ2) is 4.99. The number of halogens is 3. The molecule has 1 fully saturated rings. The molecule has 0 atom stereocenters. The summed E-state index contributed by atoms with van der Waals surface area (Å²) in [6.07, 6.45) is 4.58. The van der Waals surface area contributed by atoms with Gasteiger partial charge in [0.15, 0.2) is 5.82 Å². The van der Waals surface area contributed by atoms with Crippen molar-refractivity contribution in [3.63, 3.8) is 0 Å². The Morgan fingerprint density at radius 3 is 2.70 bits per heavy atom. The van der Waals surface area contributed by atoms with Crippen LogP contribution in [0.5, 0.6) is 0 Å². The van der Waals surface area contributed by atoms with Gasteiger partial charge in [-0.05, 0) is 30.7 Å². The van der Waals surface area contributed by atoms with Gasteiger partial charge in [0.2, 0.25) is 0 Å². The molecule has 3 rings (SSSR count). The molecule has 0 aliphatic heterocycles. The van der Waals surface area contributed by atoms with E-state index in [2.05, 4.69) is 11.9 Å². The van der Waals surface area contributed by atoms with E-state index in [4.69, 9.17) is 11.6 Å². The lowest BCUT2D eigenvalue weighted by Gasteiger charge is -2.17. The lowest BCUT2D eigenvalue weighted by molar-refractivity contribution is 0.388. The van der Waals surface area contributed by atoms with Crippen LogP contribution in [0.25, 0.3) is 11.0 Å². The van der Waals surface area contributed by atoms with Gasteiger partial charge in [-0.1, -0.05) is 13.3 Å².